The van der Waals surface area contributed by atoms with E-state index < -0.39 is 0 Å². The van der Waals surface area contributed by atoms with Gasteiger partial charge in [-0.2, -0.15) is 0 Å². The fourth-order valence-corrected chi connectivity index (χ4v) is 3.38. The number of nitrogens with one attached hydrogen (secondary N) is 1. The monoisotopic (exact) mass is 362 g/mol. The summed E-state index contributed by atoms with van der Waals surface area (Å²) in [5.74, 6) is 0.0677. The number of halogens is 2. The van der Waals surface area contributed by atoms with Crippen LogP contribution in [0.4, 0.5) is 5.69 Å². The maximum absolute atomic E-state index is 12.5. The molecular formula is C19H20Cl2N2O. The standard InChI is InChI=1S/C19H20Cl2N2O/c20-16-7-9-17(10-8-16)22-19(24)15-5-3-11-23(13-15)12-14-4-1-2-6-18(14)21/h1-2,4,6-10,15H,3,5,11-13H2,(H,22,24). The van der Waals surface area contributed by atoms with Gasteiger partial charge in [0.15, 0.2) is 0 Å². The Hall–Kier alpha value is -1.55. The molecule has 1 fully saturated rings. The molecule has 1 aliphatic rings. The second-order valence-corrected chi connectivity index (χ2v) is 7.01. The minimum absolute atomic E-state index is 0.00286. The molecule has 0 bridgehead atoms. The second-order valence-electron chi connectivity index (χ2n) is 6.16. The van der Waals surface area contributed by atoms with E-state index in [0.29, 0.717) is 5.02 Å². The maximum atomic E-state index is 12.5. The number of rotatable bonds is 4. The van der Waals surface area contributed by atoms with E-state index in [-0.39, 0.29) is 11.8 Å². The van der Waals surface area contributed by atoms with Crippen molar-refractivity contribution in [3.8, 4) is 0 Å². The van der Waals surface area contributed by atoms with Gasteiger partial charge in [-0.1, -0.05) is 41.4 Å². The fraction of sp³-hybridized carbons (Fsp3) is 0.316. The van der Waals surface area contributed by atoms with E-state index in [2.05, 4.69) is 10.2 Å². The van der Waals surface area contributed by atoms with Crippen molar-refractivity contribution >= 4 is 34.8 Å². The molecule has 0 spiro atoms. The number of likely N-dealkylation sites (tertiary alicyclic amines) is 1. The molecular weight excluding hydrogens is 343 g/mol. The summed E-state index contributed by atoms with van der Waals surface area (Å²) in [6, 6.07) is 15.1. The van der Waals surface area contributed by atoms with Crippen molar-refractivity contribution in [2.75, 3.05) is 18.4 Å². The van der Waals surface area contributed by atoms with Gasteiger partial charge >= 0.3 is 0 Å². The highest BCUT2D eigenvalue weighted by atomic mass is 35.5. The lowest BCUT2D eigenvalue weighted by Gasteiger charge is -2.32. The molecule has 1 heterocycles. The van der Waals surface area contributed by atoms with Crippen LogP contribution in [0.1, 0.15) is 18.4 Å². The molecule has 1 aliphatic heterocycles. The van der Waals surface area contributed by atoms with Gasteiger partial charge in [0, 0.05) is 28.8 Å². The normalized spacial score (nSPS) is 18.3. The van der Waals surface area contributed by atoms with Crippen LogP contribution in [0.2, 0.25) is 10.0 Å². The summed E-state index contributed by atoms with van der Waals surface area (Å²) in [6.45, 7) is 2.53. The third-order valence-electron chi connectivity index (χ3n) is 4.34. The van der Waals surface area contributed by atoms with E-state index in [1.807, 2.05) is 36.4 Å². The lowest BCUT2D eigenvalue weighted by molar-refractivity contribution is -0.121. The average Bonchev–Trinajstić information content (AvgIpc) is 2.59. The van der Waals surface area contributed by atoms with E-state index in [1.165, 1.54) is 0 Å². The van der Waals surface area contributed by atoms with E-state index in [1.54, 1.807) is 12.1 Å². The Kier molecular flexibility index (Phi) is 5.77. The molecule has 2 aromatic carbocycles. The number of carbonyl (C=O) groups is 1. The average molecular weight is 363 g/mol. The number of piperidine rings is 1. The van der Waals surface area contributed by atoms with Crippen molar-refractivity contribution in [3.05, 3.63) is 64.1 Å². The molecule has 0 aromatic heterocycles. The van der Waals surface area contributed by atoms with Crippen LogP contribution in [0, 0.1) is 5.92 Å². The van der Waals surface area contributed by atoms with Crippen molar-refractivity contribution in [1.82, 2.24) is 4.90 Å². The molecule has 0 saturated carbocycles. The van der Waals surface area contributed by atoms with Gasteiger partial charge in [0.1, 0.15) is 0 Å². The minimum atomic E-state index is -0.00286. The van der Waals surface area contributed by atoms with Gasteiger partial charge in [-0.15, -0.1) is 0 Å². The zero-order valence-electron chi connectivity index (χ0n) is 13.3. The molecule has 24 heavy (non-hydrogen) atoms. The number of nitrogens with zero attached hydrogens (tertiary/aromatic N) is 1. The lowest BCUT2D eigenvalue weighted by atomic mass is 9.96. The summed E-state index contributed by atoms with van der Waals surface area (Å²) in [4.78, 5) is 14.8. The quantitative estimate of drug-likeness (QED) is 0.843. The van der Waals surface area contributed by atoms with Gasteiger partial charge in [0.05, 0.1) is 5.92 Å². The summed E-state index contributed by atoms with van der Waals surface area (Å²) < 4.78 is 0. The highest BCUT2D eigenvalue weighted by Gasteiger charge is 2.26. The van der Waals surface area contributed by atoms with E-state index in [9.17, 15) is 4.79 Å². The summed E-state index contributed by atoms with van der Waals surface area (Å²) in [5, 5.41) is 4.43. The van der Waals surface area contributed by atoms with Crippen LogP contribution >= 0.6 is 23.2 Å². The van der Waals surface area contributed by atoms with Crippen LogP contribution in [0.25, 0.3) is 0 Å². The van der Waals surface area contributed by atoms with Crippen LogP contribution in [-0.4, -0.2) is 23.9 Å². The maximum Gasteiger partial charge on any atom is 0.228 e. The minimum Gasteiger partial charge on any atom is -0.326 e. The topological polar surface area (TPSA) is 32.3 Å². The van der Waals surface area contributed by atoms with Gasteiger partial charge in [-0.05, 0) is 55.3 Å². The Morgan fingerprint density at radius 1 is 1.12 bits per heavy atom. The molecule has 2 aromatic rings. The van der Waals surface area contributed by atoms with Crippen LogP contribution in [-0.2, 0) is 11.3 Å². The van der Waals surface area contributed by atoms with Crippen LogP contribution < -0.4 is 5.32 Å². The van der Waals surface area contributed by atoms with Gasteiger partial charge in [0.2, 0.25) is 5.91 Å². The molecule has 126 valence electrons. The Bertz CT molecular complexity index is 703. The summed E-state index contributed by atoms with van der Waals surface area (Å²) in [5.41, 5.74) is 1.89. The predicted molar refractivity (Wildman–Crippen MR) is 99.5 cm³/mol. The zero-order chi connectivity index (χ0) is 16.9. The first-order chi connectivity index (χ1) is 11.6. The number of hydrogen-bond acceptors (Lipinski definition) is 2. The van der Waals surface area contributed by atoms with Crippen LogP contribution in [0.15, 0.2) is 48.5 Å². The molecule has 1 unspecified atom stereocenters. The summed E-state index contributed by atoms with van der Waals surface area (Å²) >= 11 is 12.1. The van der Waals surface area contributed by atoms with Crippen molar-refractivity contribution in [3.63, 3.8) is 0 Å². The van der Waals surface area contributed by atoms with E-state index in [4.69, 9.17) is 23.2 Å². The Morgan fingerprint density at radius 3 is 2.62 bits per heavy atom. The van der Waals surface area contributed by atoms with Gasteiger partial charge in [0.25, 0.3) is 0 Å². The first kappa shape index (κ1) is 17.3. The summed E-state index contributed by atoms with van der Waals surface area (Å²) in [7, 11) is 0. The van der Waals surface area contributed by atoms with Gasteiger partial charge in [-0.3, -0.25) is 9.69 Å². The summed E-state index contributed by atoms with van der Waals surface area (Å²) in [6.07, 6.45) is 1.93. The fourth-order valence-electron chi connectivity index (χ4n) is 3.06. The first-order valence-corrected chi connectivity index (χ1v) is 8.89. The number of carbonyl (C=O) groups excluding carboxylic acids is 1. The molecule has 1 amide bonds. The molecule has 3 nitrogen and oxygen atoms in total. The Balaban J connectivity index is 1.59. The van der Waals surface area contributed by atoms with Crippen molar-refractivity contribution in [1.29, 1.82) is 0 Å². The number of hydrogen-bond donors (Lipinski definition) is 1. The third-order valence-corrected chi connectivity index (χ3v) is 4.96. The molecule has 1 saturated heterocycles. The van der Waals surface area contributed by atoms with Gasteiger partial charge in [-0.25, -0.2) is 0 Å². The number of benzene rings is 2. The molecule has 3 rings (SSSR count). The Morgan fingerprint density at radius 2 is 1.88 bits per heavy atom. The predicted octanol–water partition coefficient (Wildman–Crippen LogP) is 4.84. The van der Waals surface area contributed by atoms with E-state index in [0.717, 1.165) is 48.7 Å². The van der Waals surface area contributed by atoms with Crippen LogP contribution in [0.5, 0.6) is 0 Å². The van der Waals surface area contributed by atoms with Crippen LogP contribution in [0.3, 0.4) is 0 Å². The van der Waals surface area contributed by atoms with Crippen molar-refractivity contribution in [2.45, 2.75) is 19.4 Å². The first-order valence-electron chi connectivity index (χ1n) is 8.14. The highest BCUT2D eigenvalue weighted by Crippen LogP contribution is 2.23. The van der Waals surface area contributed by atoms with E-state index >= 15 is 0 Å². The molecule has 1 N–H and O–H groups in total. The van der Waals surface area contributed by atoms with Crippen molar-refractivity contribution in [2.24, 2.45) is 5.92 Å². The SMILES string of the molecule is O=C(Nc1ccc(Cl)cc1)C1CCCN(Cc2ccccc2Cl)C1. The molecule has 0 radical (unpaired) electrons. The van der Waals surface area contributed by atoms with Crippen molar-refractivity contribution < 1.29 is 4.79 Å². The molecule has 1 atom stereocenters. The molecule has 0 aliphatic carbocycles. The molecule has 5 heteroatoms. The zero-order valence-corrected chi connectivity index (χ0v) is 14.9. The smallest absolute Gasteiger partial charge is 0.228 e. The number of amides is 1. The Labute approximate surface area is 152 Å². The largest absolute Gasteiger partial charge is 0.326 e. The third kappa shape index (κ3) is 4.50. The number of anilines is 1. The lowest BCUT2D eigenvalue weighted by Crippen LogP contribution is -2.40. The highest BCUT2D eigenvalue weighted by molar-refractivity contribution is 6.31. The van der Waals surface area contributed by atoms with Gasteiger partial charge < -0.3 is 5.32 Å². The second kappa shape index (κ2) is 8.02.